The Morgan fingerprint density at radius 2 is 2.33 bits per heavy atom. The minimum absolute atomic E-state index is 0.0470. The summed E-state index contributed by atoms with van der Waals surface area (Å²) in [5.74, 6) is -1.59. The number of carbonyl (C=O) groups is 2. The number of carboxylic acid groups (broad SMARTS) is 1. The number of imidazole rings is 1. The lowest BCUT2D eigenvalue weighted by atomic mass is 10.2. The van der Waals surface area contributed by atoms with Gasteiger partial charge < -0.3 is 15.4 Å². The second-order valence-corrected chi connectivity index (χ2v) is 5.29. The van der Waals surface area contributed by atoms with E-state index in [2.05, 4.69) is 15.3 Å². The van der Waals surface area contributed by atoms with Gasteiger partial charge in [-0.1, -0.05) is 6.42 Å². The molecule has 0 saturated heterocycles. The molecular formula is C11H15N3O3S. The molecule has 0 aromatic carbocycles. The Hall–Kier alpha value is -1.50. The molecular weight excluding hydrogens is 254 g/mol. The highest BCUT2D eigenvalue weighted by Crippen LogP contribution is 2.28. The molecule has 2 rings (SSSR count). The number of nitrogens with one attached hydrogen (secondary N) is 2. The van der Waals surface area contributed by atoms with Crippen LogP contribution in [0.4, 0.5) is 0 Å². The first-order chi connectivity index (χ1) is 8.63. The molecule has 0 radical (unpaired) electrons. The van der Waals surface area contributed by atoms with Gasteiger partial charge in [0.25, 0.3) is 5.91 Å². The van der Waals surface area contributed by atoms with Gasteiger partial charge >= 0.3 is 5.97 Å². The number of thioether (sulfide) groups is 1. The van der Waals surface area contributed by atoms with E-state index in [1.807, 2.05) is 6.26 Å². The number of rotatable bonds is 4. The van der Waals surface area contributed by atoms with Crippen LogP contribution in [-0.4, -0.2) is 44.5 Å². The van der Waals surface area contributed by atoms with Crippen molar-refractivity contribution in [2.24, 2.45) is 0 Å². The summed E-state index contributed by atoms with van der Waals surface area (Å²) < 4.78 is 0. The monoisotopic (exact) mass is 269 g/mol. The molecule has 1 fully saturated rings. The maximum Gasteiger partial charge on any atom is 0.354 e. The van der Waals surface area contributed by atoms with E-state index in [1.54, 1.807) is 11.8 Å². The lowest BCUT2D eigenvalue weighted by Gasteiger charge is -2.18. The quantitative estimate of drug-likeness (QED) is 0.761. The van der Waals surface area contributed by atoms with Gasteiger partial charge in [0.05, 0.1) is 6.33 Å². The standard InChI is InChI=1S/C11H15N3O3S/c1-18-7-4-2-3-6(7)14-10(15)8-9(11(16)17)13-5-12-8/h5-7H,2-4H2,1H3,(H,12,13)(H,14,15)(H,16,17). The normalized spacial score (nSPS) is 22.9. The second-order valence-electron chi connectivity index (χ2n) is 4.22. The van der Waals surface area contributed by atoms with E-state index in [9.17, 15) is 9.59 Å². The van der Waals surface area contributed by atoms with Crippen molar-refractivity contribution in [1.29, 1.82) is 0 Å². The van der Waals surface area contributed by atoms with Crippen molar-refractivity contribution < 1.29 is 14.7 Å². The molecule has 2 unspecified atom stereocenters. The van der Waals surface area contributed by atoms with Crippen LogP contribution in [0.3, 0.4) is 0 Å². The smallest absolute Gasteiger partial charge is 0.354 e. The van der Waals surface area contributed by atoms with Crippen LogP contribution in [0.15, 0.2) is 6.33 Å². The zero-order chi connectivity index (χ0) is 13.1. The van der Waals surface area contributed by atoms with Crippen LogP contribution in [0.25, 0.3) is 0 Å². The lowest BCUT2D eigenvalue weighted by molar-refractivity contribution is 0.0684. The van der Waals surface area contributed by atoms with Crippen molar-refractivity contribution in [2.45, 2.75) is 30.6 Å². The number of carboxylic acids is 1. The van der Waals surface area contributed by atoms with E-state index in [4.69, 9.17) is 5.11 Å². The Kier molecular flexibility index (Phi) is 3.90. The number of aromatic carboxylic acids is 1. The molecule has 1 aromatic rings. The van der Waals surface area contributed by atoms with E-state index in [0.29, 0.717) is 5.25 Å². The Bertz CT molecular complexity index is 460. The van der Waals surface area contributed by atoms with Crippen molar-refractivity contribution in [3.05, 3.63) is 17.7 Å². The van der Waals surface area contributed by atoms with E-state index in [0.717, 1.165) is 19.3 Å². The number of hydrogen-bond donors (Lipinski definition) is 3. The predicted molar refractivity (Wildman–Crippen MR) is 68.0 cm³/mol. The van der Waals surface area contributed by atoms with Crippen LogP contribution in [0.1, 0.15) is 40.2 Å². The van der Waals surface area contributed by atoms with Gasteiger partial charge in [-0.15, -0.1) is 0 Å². The first kappa shape index (κ1) is 12.9. The van der Waals surface area contributed by atoms with E-state index < -0.39 is 11.9 Å². The third kappa shape index (κ3) is 2.50. The highest BCUT2D eigenvalue weighted by Gasteiger charge is 2.29. The molecule has 18 heavy (non-hydrogen) atoms. The average molecular weight is 269 g/mol. The number of nitrogens with zero attached hydrogens (tertiary/aromatic N) is 1. The molecule has 1 saturated carbocycles. The maximum atomic E-state index is 12.0. The number of aromatic amines is 1. The van der Waals surface area contributed by atoms with Gasteiger partial charge in [0.15, 0.2) is 11.4 Å². The van der Waals surface area contributed by atoms with Gasteiger partial charge in [-0.25, -0.2) is 9.78 Å². The second kappa shape index (κ2) is 5.43. The van der Waals surface area contributed by atoms with Crippen LogP contribution < -0.4 is 5.32 Å². The fourth-order valence-corrected chi connectivity index (χ4v) is 3.17. The third-order valence-corrected chi connectivity index (χ3v) is 4.31. The molecule has 0 spiro atoms. The van der Waals surface area contributed by atoms with Crippen LogP contribution >= 0.6 is 11.8 Å². The molecule has 7 heteroatoms. The van der Waals surface area contributed by atoms with Crippen molar-refractivity contribution >= 4 is 23.6 Å². The molecule has 1 aliphatic carbocycles. The minimum atomic E-state index is -1.18. The molecule has 1 amide bonds. The first-order valence-corrected chi connectivity index (χ1v) is 7.02. The van der Waals surface area contributed by atoms with Gasteiger partial charge in [0, 0.05) is 11.3 Å². The Balaban J connectivity index is 2.07. The summed E-state index contributed by atoms with van der Waals surface area (Å²) >= 11 is 1.73. The molecule has 98 valence electrons. The lowest BCUT2D eigenvalue weighted by Crippen LogP contribution is -2.39. The van der Waals surface area contributed by atoms with E-state index in [1.165, 1.54) is 6.33 Å². The number of aromatic nitrogens is 2. The van der Waals surface area contributed by atoms with Crippen molar-refractivity contribution in [3.63, 3.8) is 0 Å². The maximum absolute atomic E-state index is 12.0. The molecule has 2 atom stereocenters. The average Bonchev–Trinajstić information content (AvgIpc) is 2.96. The van der Waals surface area contributed by atoms with Crippen LogP contribution in [0, 0.1) is 0 Å². The summed E-state index contributed by atoms with van der Waals surface area (Å²) in [6, 6.07) is 0.103. The Morgan fingerprint density at radius 3 is 3.00 bits per heavy atom. The largest absolute Gasteiger partial charge is 0.477 e. The predicted octanol–water partition coefficient (Wildman–Crippen LogP) is 1.12. The first-order valence-electron chi connectivity index (χ1n) is 5.73. The van der Waals surface area contributed by atoms with Crippen LogP contribution in [-0.2, 0) is 0 Å². The highest BCUT2D eigenvalue weighted by molar-refractivity contribution is 7.99. The molecule has 1 heterocycles. The number of H-pyrrole nitrogens is 1. The number of carbonyl (C=O) groups excluding carboxylic acids is 1. The van der Waals surface area contributed by atoms with Crippen LogP contribution in [0.5, 0.6) is 0 Å². The van der Waals surface area contributed by atoms with Gasteiger partial charge in [-0.2, -0.15) is 11.8 Å². The SMILES string of the molecule is CSC1CCCC1NC(=O)c1nc[nH]c1C(=O)O. The summed E-state index contributed by atoms with van der Waals surface area (Å²) in [6.07, 6.45) is 6.34. The van der Waals surface area contributed by atoms with Gasteiger partial charge in [-0.3, -0.25) is 4.79 Å². The third-order valence-electron chi connectivity index (χ3n) is 3.14. The van der Waals surface area contributed by atoms with Gasteiger partial charge in [0.2, 0.25) is 0 Å². The van der Waals surface area contributed by atoms with Crippen molar-refractivity contribution in [3.8, 4) is 0 Å². The topological polar surface area (TPSA) is 95.1 Å². The molecule has 6 nitrogen and oxygen atoms in total. The molecule has 1 aliphatic rings. The molecule has 1 aromatic heterocycles. The van der Waals surface area contributed by atoms with E-state index >= 15 is 0 Å². The van der Waals surface area contributed by atoms with E-state index in [-0.39, 0.29) is 17.4 Å². The Morgan fingerprint density at radius 1 is 1.56 bits per heavy atom. The summed E-state index contributed by atoms with van der Waals surface area (Å²) in [5.41, 5.74) is -0.208. The molecule has 0 bridgehead atoms. The fraction of sp³-hybridized carbons (Fsp3) is 0.545. The number of hydrogen-bond acceptors (Lipinski definition) is 4. The number of amides is 1. The summed E-state index contributed by atoms with van der Waals surface area (Å²) in [4.78, 5) is 29.1. The zero-order valence-electron chi connectivity index (χ0n) is 9.97. The zero-order valence-corrected chi connectivity index (χ0v) is 10.8. The Labute approximate surface area is 109 Å². The summed E-state index contributed by atoms with van der Waals surface area (Å²) in [6.45, 7) is 0. The highest BCUT2D eigenvalue weighted by atomic mass is 32.2. The van der Waals surface area contributed by atoms with Gasteiger partial charge in [0.1, 0.15) is 0 Å². The van der Waals surface area contributed by atoms with Crippen molar-refractivity contribution in [1.82, 2.24) is 15.3 Å². The minimum Gasteiger partial charge on any atom is -0.477 e. The van der Waals surface area contributed by atoms with Gasteiger partial charge in [-0.05, 0) is 19.1 Å². The molecule has 3 N–H and O–H groups in total. The van der Waals surface area contributed by atoms with Crippen LogP contribution in [0.2, 0.25) is 0 Å². The fourth-order valence-electron chi connectivity index (χ4n) is 2.24. The summed E-state index contributed by atoms with van der Waals surface area (Å²) in [7, 11) is 0. The molecule has 0 aliphatic heterocycles. The summed E-state index contributed by atoms with van der Waals surface area (Å²) in [5, 5.41) is 12.2. The van der Waals surface area contributed by atoms with Crippen molar-refractivity contribution in [2.75, 3.05) is 6.26 Å².